The fourth-order valence-corrected chi connectivity index (χ4v) is 2.10. The highest BCUT2D eigenvalue weighted by Crippen LogP contribution is 2.12. The Balaban J connectivity index is 1.78. The van der Waals surface area contributed by atoms with Crippen molar-refractivity contribution in [3.8, 4) is 0 Å². The molecule has 1 aromatic rings. The number of benzene rings is 1. The molecule has 2 N–H and O–H groups in total. The molecule has 1 aromatic carbocycles. The van der Waals surface area contributed by atoms with Crippen LogP contribution in [-0.2, 0) is 0 Å². The number of amides is 2. The lowest BCUT2D eigenvalue weighted by Gasteiger charge is -2.29. The Bertz CT molecular complexity index is 449. The summed E-state index contributed by atoms with van der Waals surface area (Å²) in [4.78, 5) is 15.8. The van der Waals surface area contributed by atoms with Crippen LogP contribution in [0.25, 0.3) is 0 Å². The summed E-state index contributed by atoms with van der Waals surface area (Å²) in [7, 11) is 1.72. The lowest BCUT2D eigenvalue weighted by atomic mass is 10.3. The van der Waals surface area contributed by atoms with Crippen molar-refractivity contribution in [3.05, 3.63) is 30.1 Å². The van der Waals surface area contributed by atoms with Gasteiger partial charge in [-0.05, 0) is 12.1 Å². The number of hydrogen-bond donors (Lipinski definition) is 2. The molecular formula is C14H21FN4O. The van der Waals surface area contributed by atoms with Crippen molar-refractivity contribution in [3.63, 3.8) is 0 Å². The Morgan fingerprint density at radius 1 is 1.40 bits per heavy atom. The average molecular weight is 280 g/mol. The van der Waals surface area contributed by atoms with Gasteiger partial charge in [0.15, 0.2) is 0 Å². The molecule has 0 bridgehead atoms. The van der Waals surface area contributed by atoms with E-state index >= 15 is 0 Å². The van der Waals surface area contributed by atoms with Crippen LogP contribution in [0.1, 0.15) is 0 Å². The molecule has 1 aliphatic heterocycles. The first kappa shape index (κ1) is 14.7. The molecule has 0 saturated carbocycles. The number of nitrogens with one attached hydrogen (secondary N) is 2. The second-order valence-electron chi connectivity index (χ2n) is 4.92. The van der Waals surface area contributed by atoms with Gasteiger partial charge in [0.1, 0.15) is 5.82 Å². The zero-order valence-electron chi connectivity index (χ0n) is 11.7. The van der Waals surface area contributed by atoms with Crippen molar-refractivity contribution < 1.29 is 9.18 Å². The van der Waals surface area contributed by atoms with Gasteiger partial charge in [-0.15, -0.1) is 0 Å². The number of rotatable bonds is 4. The maximum Gasteiger partial charge on any atom is 0.321 e. The largest absolute Gasteiger partial charge is 0.326 e. The van der Waals surface area contributed by atoms with Gasteiger partial charge >= 0.3 is 6.03 Å². The van der Waals surface area contributed by atoms with Gasteiger partial charge in [0.05, 0.1) is 5.69 Å². The molecule has 0 atom stereocenters. The van der Waals surface area contributed by atoms with Crippen LogP contribution in [0.5, 0.6) is 0 Å². The van der Waals surface area contributed by atoms with E-state index in [9.17, 15) is 9.18 Å². The van der Waals surface area contributed by atoms with Gasteiger partial charge in [0.25, 0.3) is 0 Å². The molecule has 1 saturated heterocycles. The number of carbonyl (C=O) groups excluding carboxylic acids is 1. The number of para-hydroxylation sites is 1. The summed E-state index contributed by atoms with van der Waals surface area (Å²) in [6.45, 7) is 5.45. The van der Waals surface area contributed by atoms with Crippen molar-refractivity contribution in [2.24, 2.45) is 0 Å². The van der Waals surface area contributed by atoms with E-state index in [1.807, 2.05) is 0 Å². The van der Waals surface area contributed by atoms with Gasteiger partial charge in [-0.1, -0.05) is 12.1 Å². The molecule has 2 amide bonds. The van der Waals surface area contributed by atoms with Gasteiger partial charge in [-0.3, -0.25) is 4.90 Å². The highest BCUT2D eigenvalue weighted by atomic mass is 19.1. The number of hydrogen-bond acceptors (Lipinski definition) is 3. The quantitative estimate of drug-likeness (QED) is 0.871. The highest BCUT2D eigenvalue weighted by molar-refractivity contribution is 5.89. The molecule has 5 nitrogen and oxygen atoms in total. The second-order valence-corrected chi connectivity index (χ2v) is 4.92. The van der Waals surface area contributed by atoms with Crippen LogP contribution < -0.4 is 10.6 Å². The number of nitrogens with zero attached hydrogens (tertiary/aromatic N) is 2. The predicted octanol–water partition coefficient (Wildman–Crippen LogP) is 1.19. The first-order valence-corrected chi connectivity index (χ1v) is 6.86. The lowest BCUT2D eigenvalue weighted by Crippen LogP contribution is -2.46. The number of halogens is 1. The van der Waals surface area contributed by atoms with Gasteiger partial charge in [0, 0.05) is 46.3 Å². The summed E-state index contributed by atoms with van der Waals surface area (Å²) in [6, 6.07) is 5.89. The van der Waals surface area contributed by atoms with Crippen LogP contribution in [0.2, 0.25) is 0 Å². The van der Waals surface area contributed by atoms with Gasteiger partial charge in [-0.25, -0.2) is 9.18 Å². The van der Waals surface area contributed by atoms with Crippen molar-refractivity contribution in [2.75, 3.05) is 51.6 Å². The lowest BCUT2D eigenvalue weighted by molar-refractivity contribution is 0.197. The Labute approximate surface area is 118 Å². The minimum Gasteiger partial charge on any atom is -0.326 e. The van der Waals surface area contributed by atoms with Gasteiger partial charge < -0.3 is 15.5 Å². The van der Waals surface area contributed by atoms with Crippen molar-refractivity contribution >= 4 is 11.7 Å². The summed E-state index contributed by atoms with van der Waals surface area (Å²) >= 11 is 0. The number of likely N-dealkylation sites (N-methyl/N-ethyl adjacent to an activating group) is 1. The van der Waals surface area contributed by atoms with E-state index in [2.05, 4.69) is 15.5 Å². The first-order valence-electron chi connectivity index (χ1n) is 6.86. The zero-order valence-corrected chi connectivity index (χ0v) is 11.7. The van der Waals surface area contributed by atoms with Crippen molar-refractivity contribution in [2.45, 2.75) is 0 Å². The third kappa shape index (κ3) is 4.18. The summed E-state index contributed by atoms with van der Waals surface area (Å²) < 4.78 is 13.4. The SMILES string of the molecule is CN(CCN1CCNCC1)C(=O)Nc1ccccc1F. The van der Waals surface area contributed by atoms with E-state index in [-0.39, 0.29) is 11.7 Å². The molecule has 1 aliphatic rings. The van der Waals surface area contributed by atoms with Crippen LogP contribution >= 0.6 is 0 Å². The van der Waals surface area contributed by atoms with Crippen LogP contribution in [0.3, 0.4) is 0 Å². The van der Waals surface area contributed by atoms with E-state index in [4.69, 9.17) is 0 Å². The molecule has 1 fully saturated rings. The topological polar surface area (TPSA) is 47.6 Å². The molecule has 0 aliphatic carbocycles. The van der Waals surface area contributed by atoms with Gasteiger partial charge in [-0.2, -0.15) is 0 Å². The minimum atomic E-state index is -0.420. The normalized spacial score (nSPS) is 15.9. The van der Waals surface area contributed by atoms with Crippen LogP contribution in [-0.4, -0.2) is 62.1 Å². The van der Waals surface area contributed by atoms with E-state index in [0.717, 1.165) is 32.7 Å². The molecule has 0 unspecified atom stereocenters. The van der Waals surface area contributed by atoms with Crippen LogP contribution in [0.4, 0.5) is 14.9 Å². The molecule has 0 aromatic heterocycles. The standard InChI is InChI=1S/C14H21FN4O/c1-18(10-11-19-8-6-16-7-9-19)14(20)17-13-5-3-2-4-12(13)15/h2-5,16H,6-11H2,1H3,(H,17,20). The summed E-state index contributed by atoms with van der Waals surface area (Å²) in [5, 5.41) is 5.87. The molecule has 0 radical (unpaired) electrons. The second kappa shape index (κ2) is 7.21. The minimum absolute atomic E-state index is 0.214. The van der Waals surface area contributed by atoms with E-state index in [1.165, 1.54) is 6.07 Å². The molecular weight excluding hydrogens is 259 g/mol. The molecule has 2 rings (SSSR count). The highest BCUT2D eigenvalue weighted by Gasteiger charge is 2.14. The summed E-state index contributed by atoms with van der Waals surface area (Å²) in [6.07, 6.45) is 0. The van der Waals surface area contributed by atoms with Crippen LogP contribution in [0, 0.1) is 5.82 Å². The smallest absolute Gasteiger partial charge is 0.321 e. The number of carbonyl (C=O) groups is 1. The first-order chi connectivity index (χ1) is 9.66. The number of anilines is 1. The average Bonchev–Trinajstić information content (AvgIpc) is 2.48. The summed E-state index contributed by atoms with van der Waals surface area (Å²) in [5.41, 5.74) is 0.214. The third-order valence-corrected chi connectivity index (χ3v) is 3.42. The summed E-state index contributed by atoms with van der Waals surface area (Å²) in [5.74, 6) is -0.420. The van der Waals surface area contributed by atoms with Gasteiger partial charge in [0.2, 0.25) is 0 Å². The van der Waals surface area contributed by atoms with Crippen molar-refractivity contribution in [1.29, 1.82) is 0 Å². The van der Waals surface area contributed by atoms with E-state index in [0.29, 0.717) is 6.54 Å². The maximum absolute atomic E-state index is 13.4. The monoisotopic (exact) mass is 280 g/mol. The molecule has 0 spiro atoms. The van der Waals surface area contributed by atoms with E-state index in [1.54, 1.807) is 30.1 Å². The zero-order chi connectivity index (χ0) is 14.4. The van der Waals surface area contributed by atoms with E-state index < -0.39 is 5.82 Å². The fraction of sp³-hybridized carbons (Fsp3) is 0.500. The number of piperazine rings is 1. The Kier molecular flexibility index (Phi) is 5.31. The molecule has 6 heteroatoms. The Morgan fingerprint density at radius 3 is 2.80 bits per heavy atom. The number of urea groups is 1. The molecule has 20 heavy (non-hydrogen) atoms. The molecule has 110 valence electrons. The fourth-order valence-electron chi connectivity index (χ4n) is 2.10. The van der Waals surface area contributed by atoms with Crippen molar-refractivity contribution in [1.82, 2.24) is 15.1 Å². The Morgan fingerprint density at radius 2 is 2.10 bits per heavy atom. The Hall–Kier alpha value is -1.66. The predicted molar refractivity (Wildman–Crippen MR) is 77.4 cm³/mol. The van der Waals surface area contributed by atoms with Crippen LogP contribution in [0.15, 0.2) is 24.3 Å². The third-order valence-electron chi connectivity index (χ3n) is 3.42. The maximum atomic E-state index is 13.4. The molecule has 1 heterocycles.